The standard InChI is InChI=1S/C28H59NO/c1-5-8-11-13-19-27(4)26-29-23-16-18-25-30-24-17-15-22-28(20-10-7-3)21-14-12-9-6-2/h27-29H,5-26H2,1-4H3. The van der Waals surface area contributed by atoms with Gasteiger partial charge in [-0.3, -0.25) is 0 Å². The van der Waals surface area contributed by atoms with Crippen molar-refractivity contribution in [1.82, 2.24) is 5.32 Å². The average Bonchev–Trinajstić information content (AvgIpc) is 2.75. The number of nitrogens with one attached hydrogen (secondary N) is 1. The van der Waals surface area contributed by atoms with E-state index in [2.05, 4.69) is 33.0 Å². The van der Waals surface area contributed by atoms with Gasteiger partial charge in [0.2, 0.25) is 0 Å². The van der Waals surface area contributed by atoms with Crippen molar-refractivity contribution >= 4 is 0 Å². The van der Waals surface area contributed by atoms with Gasteiger partial charge in [-0.15, -0.1) is 0 Å². The monoisotopic (exact) mass is 425 g/mol. The van der Waals surface area contributed by atoms with Gasteiger partial charge in [0.25, 0.3) is 0 Å². The van der Waals surface area contributed by atoms with E-state index in [1.54, 1.807) is 0 Å². The second-order valence-corrected chi connectivity index (χ2v) is 9.83. The summed E-state index contributed by atoms with van der Waals surface area (Å²) in [4.78, 5) is 0. The van der Waals surface area contributed by atoms with Crippen LogP contribution in [0.3, 0.4) is 0 Å². The second kappa shape index (κ2) is 25.2. The maximum atomic E-state index is 5.89. The van der Waals surface area contributed by atoms with E-state index in [4.69, 9.17) is 4.74 Å². The zero-order valence-electron chi connectivity index (χ0n) is 21.6. The van der Waals surface area contributed by atoms with Crippen LogP contribution in [0.25, 0.3) is 0 Å². The van der Waals surface area contributed by atoms with E-state index >= 15 is 0 Å². The van der Waals surface area contributed by atoms with Gasteiger partial charge in [0.05, 0.1) is 0 Å². The molecule has 0 aromatic rings. The molecule has 0 aliphatic carbocycles. The first-order valence-electron chi connectivity index (χ1n) is 14.0. The van der Waals surface area contributed by atoms with Crippen LogP contribution < -0.4 is 5.32 Å². The summed E-state index contributed by atoms with van der Waals surface area (Å²) >= 11 is 0. The van der Waals surface area contributed by atoms with E-state index in [-0.39, 0.29) is 0 Å². The molecule has 0 spiro atoms. The van der Waals surface area contributed by atoms with Gasteiger partial charge >= 0.3 is 0 Å². The maximum absolute atomic E-state index is 5.89. The molecule has 0 amide bonds. The van der Waals surface area contributed by atoms with Gasteiger partial charge < -0.3 is 10.1 Å². The van der Waals surface area contributed by atoms with E-state index in [1.807, 2.05) is 0 Å². The Hall–Kier alpha value is -0.0800. The third-order valence-corrected chi connectivity index (χ3v) is 6.52. The predicted octanol–water partition coefficient (Wildman–Crippen LogP) is 8.93. The van der Waals surface area contributed by atoms with E-state index in [9.17, 15) is 0 Å². The van der Waals surface area contributed by atoms with E-state index in [0.717, 1.165) is 31.6 Å². The van der Waals surface area contributed by atoms with Crippen molar-refractivity contribution in [2.45, 2.75) is 143 Å². The van der Waals surface area contributed by atoms with Crippen molar-refractivity contribution in [3.05, 3.63) is 0 Å². The first-order chi connectivity index (χ1) is 14.7. The molecule has 0 fully saturated rings. The SMILES string of the molecule is CCCCCCC(C)CNCCCCOCCCCC(CCCC)CCCCCC. The molecule has 0 aliphatic rings. The number of ether oxygens (including phenoxy) is 1. The van der Waals surface area contributed by atoms with Crippen molar-refractivity contribution in [2.24, 2.45) is 11.8 Å². The summed E-state index contributed by atoms with van der Waals surface area (Å²) in [5.41, 5.74) is 0. The van der Waals surface area contributed by atoms with Crippen LogP contribution in [0, 0.1) is 11.8 Å². The fourth-order valence-electron chi connectivity index (χ4n) is 4.35. The summed E-state index contributed by atoms with van der Waals surface area (Å²) < 4.78 is 5.89. The molecule has 0 aliphatic heterocycles. The second-order valence-electron chi connectivity index (χ2n) is 9.83. The van der Waals surface area contributed by atoms with Crippen LogP contribution in [0.2, 0.25) is 0 Å². The molecule has 0 aromatic heterocycles. The van der Waals surface area contributed by atoms with Crippen LogP contribution in [0.15, 0.2) is 0 Å². The molecule has 1 N–H and O–H groups in total. The fraction of sp³-hybridized carbons (Fsp3) is 1.00. The first-order valence-corrected chi connectivity index (χ1v) is 14.0. The first kappa shape index (κ1) is 29.9. The van der Waals surface area contributed by atoms with Crippen molar-refractivity contribution in [3.63, 3.8) is 0 Å². The highest BCUT2D eigenvalue weighted by atomic mass is 16.5. The van der Waals surface area contributed by atoms with Crippen LogP contribution in [-0.2, 0) is 4.74 Å². The Bertz CT molecular complexity index is 307. The molecule has 0 aromatic carbocycles. The van der Waals surface area contributed by atoms with Gasteiger partial charge in [0.1, 0.15) is 0 Å². The van der Waals surface area contributed by atoms with E-state index in [0.29, 0.717) is 0 Å². The van der Waals surface area contributed by atoms with Crippen molar-refractivity contribution < 1.29 is 4.74 Å². The molecule has 0 saturated carbocycles. The van der Waals surface area contributed by atoms with Gasteiger partial charge in [-0.05, 0) is 50.6 Å². The zero-order chi connectivity index (χ0) is 22.1. The van der Waals surface area contributed by atoms with E-state index in [1.165, 1.54) is 122 Å². The number of hydrogen-bond acceptors (Lipinski definition) is 2. The van der Waals surface area contributed by atoms with Crippen LogP contribution in [0.4, 0.5) is 0 Å². The molecule has 0 heterocycles. The molecule has 0 rings (SSSR count). The van der Waals surface area contributed by atoms with E-state index < -0.39 is 0 Å². The van der Waals surface area contributed by atoms with Crippen LogP contribution in [0.5, 0.6) is 0 Å². The van der Waals surface area contributed by atoms with Gasteiger partial charge in [0, 0.05) is 13.2 Å². The van der Waals surface area contributed by atoms with Gasteiger partial charge in [-0.1, -0.05) is 118 Å². The Labute approximate surface area is 191 Å². The molecule has 0 bridgehead atoms. The van der Waals surface area contributed by atoms with Crippen LogP contribution >= 0.6 is 0 Å². The Morgan fingerprint density at radius 1 is 0.567 bits per heavy atom. The normalized spacial score (nSPS) is 13.6. The highest BCUT2D eigenvalue weighted by Crippen LogP contribution is 2.22. The summed E-state index contributed by atoms with van der Waals surface area (Å²) in [6, 6.07) is 0. The third kappa shape index (κ3) is 22.6. The lowest BCUT2D eigenvalue weighted by Crippen LogP contribution is -2.22. The number of rotatable bonds is 25. The Morgan fingerprint density at radius 3 is 1.73 bits per heavy atom. The van der Waals surface area contributed by atoms with Crippen molar-refractivity contribution in [2.75, 3.05) is 26.3 Å². The largest absolute Gasteiger partial charge is 0.381 e. The molecule has 2 atom stereocenters. The molecule has 2 unspecified atom stereocenters. The summed E-state index contributed by atoms with van der Waals surface area (Å²) in [6.07, 6.45) is 24.8. The molecule has 2 heteroatoms. The highest BCUT2D eigenvalue weighted by molar-refractivity contribution is 4.61. The lowest BCUT2D eigenvalue weighted by molar-refractivity contribution is 0.125. The third-order valence-electron chi connectivity index (χ3n) is 6.52. The highest BCUT2D eigenvalue weighted by Gasteiger charge is 2.08. The molecule has 182 valence electrons. The lowest BCUT2D eigenvalue weighted by Gasteiger charge is -2.16. The van der Waals surface area contributed by atoms with Crippen molar-refractivity contribution in [3.8, 4) is 0 Å². The quantitative estimate of drug-likeness (QED) is 0.147. The Balaban J connectivity index is 3.43. The van der Waals surface area contributed by atoms with Crippen LogP contribution in [0.1, 0.15) is 143 Å². The predicted molar refractivity (Wildman–Crippen MR) is 136 cm³/mol. The summed E-state index contributed by atoms with van der Waals surface area (Å²) in [5.74, 6) is 1.80. The fourth-order valence-corrected chi connectivity index (χ4v) is 4.35. The van der Waals surface area contributed by atoms with Crippen LogP contribution in [-0.4, -0.2) is 26.3 Å². The van der Waals surface area contributed by atoms with Gasteiger partial charge in [0.15, 0.2) is 0 Å². The molecule has 0 radical (unpaired) electrons. The minimum Gasteiger partial charge on any atom is -0.381 e. The smallest absolute Gasteiger partial charge is 0.0466 e. The van der Waals surface area contributed by atoms with Gasteiger partial charge in [-0.25, -0.2) is 0 Å². The summed E-state index contributed by atoms with van der Waals surface area (Å²) in [7, 11) is 0. The molecular weight excluding hydrogens is 366 g/mol. The molecule has 2 nitrogen and oxygen atoms in total. The Morgan fingerprint density at radius 2 is 1.10 bits per heavy atom. The number of hydrogen-bond donors (Lipinski definition) is 1. The molecule has 30 heavy (non-hydrogen) atoms. The minimum absolute atomic E-state index is 0.825. The minimum atomic E-state index is 0.825. The zero-order valence-corrected chi connectivity index (χ0v) is 21.6. The summed E-state index contributed by atoms with van der Waals surface area (Å²) in [5, 5.41) is 3.64. The number of unbranched alkanes of at least 4 members (excludes halogenated alkanes) is 9. The topological polar surface area (TPSA) is 21.3 Å². The Kier molecular flexibility index (Phi) is 25.1. The molecule has 0 saturated heterocycles. The summed E-state index contributed by atoms with van der Waals surface area (Å²) in [6.45, 7) is 13.6. The van der Waals surface area contributed by atoms with Gasteiger partial charge in [-0.2, -0.15) is 0 Å². The average molecular weight is 426 g/mol. The maximum Gasteiger partial charge on any atom is 0.0466 e. The lowest BCUT2D eigenvalue weighted by atomic mass is 9.90. The molecular formula is C28H59NO. The van der Waals surface area contributed by atoms with Crippen molar-refractivity contribution in [1.29, 1.82) is 0 Å².